The third-order valence-electron chi connectivity index (χ3n) is 5.62. The molecule has 9 nitrogen and oxygen atoms in total. The molecule has 176 valence electrons. The van der Waals surface area contributed by atoms with Crippen LogP contribution in [0.3, 0.4) is 0 Å². The fraction of sp³-hybridized carbons (Fsp3) is 0.250. The molecule has 0 N–H and O–H groups in total. The average Bonchev–Trinajstić information content (AvgIpc) is 3.15. The first-order valence-corrected chi connectivity index (χ1v) is 10.7. The standard InChI is InChI=1S/C24H23FN4O5/c1-3-28(23-21(29(31)32)5-4-12-26-23)17-8-11-22(20(25)14-17)34-19-9-6-16(7-10-19)13-18-15-33-24(30)27(18)2/h4-12,14,18H,3,13,15H2,1-2H3. The maximum Gasteiger partial charge on any atom is 0.409 e. The van der Waals surface area contributed by atoms with E-state index in [9.17, 15) is 19.3 Å². The molecule has 2 heterocycles. The predicted molar refractivity (Wildman–Crippen MR) is 123 cm³/mol. The zero-order valence-corrected chi connectivity index (χ0v) is 18.7. The Morgan fingerprint density at radius 3 is 2.65 bits per heavy atom. The summed E-state index contributed by atoms with van der Waals surface area (Å²) in [5.41, 5.74) is 1.25. The second-order valence-electron chi connectivity index (χ2n) is 7.75. The molecule has 0 radical (unpaired) electrons. The van der Waals surface area contributed by atoms with E-state index in [1.807, 2.05) is 12.1 Å². The molecule has 1 aliphatic rings. The number of nitro groups is 1. The van der Waals surface area contributed by atoms with E-state index in [4.69, 9.17) is 9.47 Å². The largest absolute Gasteiger partial charge is 0.454 e. The van der Waals surface area contributed by atoms with E-state index in [-0.39, 0.29) is 29.4 Å². The third kappa shape index (κ3) is 4.75. The minimum absolute atomic E-state index is 0.0256. The fourth-order valence-electron chi connectivity index (χ4n) is 3.75. The van der Waals surface area contributed by atoms with E-state index < -0.39 is 10.7 Å². The Hall–Kier alpha value is -4.21. The highest BCUT2D eigenvalue weighted by atomic mass is 19.1. The maximum absolute atomic E-state index is 14.9. The molecule has 1 amide bonds. The molecule has 0 aliphatic carbocycles. The molecular weight excluding hydrogens is 443 g/mol. The van der Waals surface area contributed by atoms with Crippen molar-refractivity contribution in [1.29, 1.82) is 0 Å². The Kier molecular flexibility index (Phi) is 6.58. The molecule has 1 atom stereocenters. The SMILES string of the molecule is CCN(c1ccc(Oc2ccc(CC3COC(=O)N3C)cc2)c(F)c1)c1ncccc1[N+](=O)[O-]. The number of nitrogens with zero attached hydrogens (tertiary/aromatic N) is 4. The highest BCUT2D eigenvalue weighted by Crippen LogP contribution is 2.34. The minimum Gasteiger partial charge on any atom is -0.454 e. The topological polar surface area (TPSA) is 98.0 Å². The van der Waals surface area contributed by atoms with Gasteiger partial charge < -0.3 is 19.3 Å². The number of hydrogen-bond acceptors (Lipinski definition) is 7. The van der Waals surface area contributed by atoms with Crippen molar-refractivity contribution in [3.63, 3.8) is 0 Å². The second kappa shape index (κ2) is 9.74. The first-order chi connectivity index (χ1) is 16.4. The zero-order chi connectivity index (χ0) is 24.2. The van der Waals surface area contributed by atoms with Gasteiger partial charge in [-0.2, -0.15) is 0 Å². The number of ether oxygens (including phenoxy) is 2. The van der Waals surface area contributed by atoms with E-state index in [1.165, 1.54) is 30.5 Å². The lowest BCUT2D eigenvalue weighted by Gasteiger charge is -2.22. The van der Waals surface area contributed by atoms with Gasteiger partial charge in [-0.3, -0.25) is 10.1 Å². The van der Waals surface area contributed by atoms with Crippen molar-refractivity contribution < 1.29 is 23.6 Å². The molecular formula is C24H23FN4O5. The first kappa shape index (κ1) is 23.0. The number of amides is 1. The number of carbonyl (C=O) groups is 1. The smallest absolute Gasteiger partial charge is 0.409 e. The normalized spacial score (nSPS) is 15.2. The summed E-state index contributed by atoms with van der Waals surface area (Å²) in [6.45, 7) is 2.50. The molecule has 3 aromatic rings. The van der Waals surface area contributed by atoms with Crippen LogP contribution in [0.5, 0.6) is 11.5 Å². The molecule has 1 fully saturated rings. The summed E-state index contributed by atoms with van der Waals surface area (Å²) in [4.78, 5) is 29.6. The molecule has 1 saturated heterocycles. The zero-order valence-electron chi connectivity index (χ0n) is 18.7. The maximum atomic E-state index is 14.9. The van der Waals surface area contributed by atoms with Crippen LogP contribution in [0.15, 0.2) is 60.8 Å². The monoisotopic (exact) mass is 466 g/mol. The van der Waals surface area contributed by atoms with E-state index >= 15 is 0 Å². The van der Waals surface area contributed by atoms with Crippen LogP contribution in [0.4, 0.5) is 26.4 Å². The number of benzene rings is 2. The second-order valence-corrected chi connectivity index (χ2v) is 7.75. The fourth-order valence-corrected chi connectivity index (χ4v) is 3.75. The Morgan fingerprint density at radius 1 is 1.26 bits per heavy atom. The van der Waals surface area contributed by atoms with Crippen LogP contribution in [0.25, 0.3) is 0 Å². The first-order valence-electron chi connectivity index (χ1n) is 10.7. The Bertz CT molecular complexity index is 1200. The van der Waals surface area contributed by atoms with Gasteiger partial charge >= 0.3 is 11.8 Å². The Morgan fingerprint density at radius 2 is 2.03 bits per heavy atom. The summed E-state index contributed by atoms with van der Waals surface area (Å²) in [5.74, 6) is 0.00771. The summed E-state index contributed by atoms with van der Waals surface area (Å²) in [7, 11) is 1.70. The molecule has 1 aromatic heterocycles. The number of anilines is 2. The van der Waals surface area contributed by atoms with Crippen LogP contribution in [0.1, 0.15) is 12.5 Å². The number of likely N-dealkylation sites (N-methyl/N-ethyl adjacent to an activating group) is 1. The van der Waals surface area contributed by atoms with Gasteiger partial charge in [0.2, 0.25) is 5.82 Å². The summed E-state index contributed by atoms with van der Waals surface area (Å²) in [6, 6.07) is 14.4. The highest BCUT2D eigenvalue weighted by molar-refractivity contribution is 5.70. The Balaban J connectivity index is 1.48. The number of carbonyl (C=O) groups excluding carboxylic acids is 1. The number of aromatic nitrogens is 1. The van der Waals surface area contributed by atoms with Crippen molar-refractivity contribution in [2.24, 2.45) is 0 Å². The summed E-state index contributed by atoms with van der Waals surface area (Å²) in [5, 5.41) is 11.4. The van der Waals surface area contributed by atoms with Crippen LogP contribution < -0.4 is 9.64 Å². The highest BCUT2D eigenvalue weighted by Gasteiger charge is 2.29. The Labute approximate surface area is 195 Å². The quantitative estimate of drug-likeness (QED) is 0.338. The number of rotatable bonds is 8. The van der Waals surface area contributed by atoms with Gasteiger partial charge in [0.1, 0.15) is 12.4 Å². The van der Waals surface area contributed by atoms with Crippen LogP contribution in [0.2, 0.25) is 0 Å². The van der Waals surface area contributed by atoms with E-state index in [0.29, 0.717) is 31.0 Å². The van der Waals surface area contributed by atoms with Gasteiger partial charge in [0, 0.05) is 37.6 Å². The van der Waals surface area contributed by atoms with Gasteiger partial charge in [0.25, 0.3) is 0 Å². The molecule has 10 heteroatoms. The van der Waals surface area contributed by atoms with Crippen LogP contribution in [0, 0.1) is 15.9 Å². The van der Waals surface area contributed by atoms with Gasteiger partial charge in [0.15, 0.2) is 11.6 Å². The molecule has 1 aliphatic heterocycles. The number of hydrogen-bond donors (Lipinski definition) is 0. The lowest BCUT2D eigenvalue weighted by Crippen LogP contribution is -2.30. The molecule has 34 heavy (non-hydrogen) atoms. The number of pyridine rings is 1. The molecule has 4 rings (SSSR count). The lowest BCUT2D eigenvalue weighted by atomic mass is 10.1. The molecule has 0 spiro atoms. The van der Waals surface area contributed by atoms with Gasteiger partial charge in [-0.1, -0.05) is 12.1 Å². The third-order valence-corrected chi connectivity index (χ3v) is 5.62. The number of halogens is 1. The van der Waals surface area contributed by atoms with Crippen molar-refractivity contribution in [2.45, 2.75) is 19.4 Å². The van der Waals surface area contributed by atoms with Crippen molar-refractivity contribution in [2.75, 3.05) is 25.1 Å². The van der Waals surface area contributed by atoms with Crippen molar-refractivity contribution in [1.82, 2.24) is 9.88 Å². The van der Waals surface area contributed by atoms with Crippen LogP contribution in [-0.2, 0) is 11.2 Å². The van der Waals surface area contributed by atoms with Gasteiger partial charge in [-0.15, -0.1) is 0 Å². The average molecular weight is 466 g/mol. The summed E-state index contributed by atoms with van der Waals surface area (Å²) < 4.78 is 25.6. The van der Waals surface area contributed by atoms with Crippen molar-refractivity contribution in [3.05, 3.63) is 82.3 Å². The minimum atomic E-state index is -0.609. The summed E-state index contributed by atoms with van der Waals surface area (Å²) >= 11 is 0. The van der Waals surface area contributed by atoms with E-state index in [2.05, 4.69) is 4.98 Å². The predicted octanol–water partition coefficient (Wildman–Crippen LogP) is 5.07. The lowest BCUT2D eigenvalue weighted by molar-refractivity contribution is -0.384. The molecule has 0 bridgehead atoms. The molecule has 2 aromatic carbocycles. The number of cyclic esters (lactones) is 1. The van der Waals surface area contributed by atoms with Crippen molar-refractivity contribution in [3.8, 4) is 11.5 Å². The van der Waals surface area contributed by atoms with Gasteiger partial charge in [0.05, 0.1) is 11.0 Å². The van der Waals surface area contributed by atoms with Crippen molar-refractivity contribution >= 4 is 23.3 Å². The molecule has 1 unspecified atom stereocenters. The van der Waals surface area contributed by atoms with E-state index in [1.54, 1.807) is 42.0 Å². The van der Waals surface area contributed by atoms with Gasteiger partial charge in [-0.05, 0) is 49.2 Å². The molecule has 0 saturated carbocycles. The van der Waals surface area contributed by atoms with Gasteiger partial charge in [-0.25, -0.2) is 14.2 Å². The van der Waals surface area contributed by atoms with Crippen LogP contribution in [-0.4, -0.2) is 47.1 Å². The van der Waals surface area contributed by atoms with Crippen LogP contribution >= 0.6 is 0 Å². The van der Waals surface area contributed by atoms with E-state index in [0.717, 1.165) is 5.56 Å². The summed E-state index contributed by atoms with van der Waals surface area (Å²) in [6.07, 6.45) is 1.76.